The zero-order chi connectivity index (χ0) is 16.8. The van der Waals surface area contributed by atoms with Crippen LogP contribution in [0.1, 0.15) is 5.56 Å². The standard InChI is InChI=1S/C16H15NO6/c1-11-5-3-4-6-14(11)22-10-16(18)23-15-8-7-12(21-2)9-13(15)17(19)20/h3-9H,10H2,1-2H3. The van der Waals surface area contributed by atoms with Crippen LogP contribution in [-0.2, 0) is 4.79 Å². The first-order chi connectivity index (χ1) is 11.0. The van der Waals surface area contributed by atoms with Gasteiger partial charge in [0.2, 0.25) is 5.75 Å². The van der Waals surface area contributed by atoms with Crippen LogP contribution in [0.3, 0.4) is 0 Å². The largest absolute Gasteiger partial charge is 0.496 e. The van der Waals surface area contributed by atoms with Crippen molar-refractivity contribution in [1.29, 1.82) is 0 Å². The molecule has 0 heterocycles. The highest BCUT2D eigenvalue weighted by Crippen LogP contribution is 2.31. The smallest absolute Gasteiger partial charge is 0.349 e. The molecular weight excluding hydrogens is 302 g/mol. The molecule has 0 aromatic heterocycles. The third kappa shape index (κ3) is 4.19. The monoisotopic (exact) mass is 317 g/mol. The number of aryl methyl sites for hydroxylation is 1. The van der Waals surface area contributed by atoms with Crippen molar-refractivity contribution < 1.29 is 23.9 Å². The summed E-state index contributed by atoms with van der Waals surface area (Å²) >= 11 is 0. The van der Waals surface area contributed by atoms with E-state index in [-0.39, 0.29) is 18.0 Å². The average Bonchev–Trinajstić information content (AvgIpc) is 2.54. The van der Waals surface area contributed by atoms with Crippen LogP contribution in [-0.4, -0.2) is 24.6 Å². The van der Waals surface area contributed by atoms with E-state index in [9.17, 15) is 14.9 Å². The minimum atomic E-state index is -0.735. The number of rotatable bonds is 6. The molecule has 2 aromatic rings. The molecule has 0 aliphatic heterocycles. The maximum absolute atomic E-state index is 11.8. The molecular formula is C16H15NO6. The van der Waals surface area contributed by atoms with Gasteiger partial charge in [-0.05, 0) is 30.7 Å². The molecule has 0 aliphatic carbocycles. The lowest BCUT2D eigenvalue weighted by atomic mass is 10.2. The molecule has 0 saturated carbocycles. The van der Waals surface area contributed by atoms with Gasteiger partial charge in [-0.25, -0.2) is 4.79 Å². The fraction of sp³-hybridized carbons (Fsp3) is 0.188. The first kappa shape index (κ1) is 16.3. The lowest BCUT2D eigenvalue weighted by Gasteiger charge is -2.09. The van der Waals surface area contributed by atoms with Gasteiger partial charge in [-0.15, -0.1) is 0 Å². The number of methoxy groups -OCH3 is 1. The van der Waals surface area contributed by atoms with Crippen LogP contribution >= 0.6 is 0 Å². The Morgan fingerprint density at radius 2 is 1.91 bits per heavy atom. The maximum atomic E-state index is 11.8. The van der Waals surface area contributed by atoms with Crippen molar-refractivity contribution in [2.24, 2.45) is 0 Å². The second-order valence-corrected chi connectivity index (χ2v) is 4.62. The predicted octanol–water partition coefficient (Wildman–Crippen LogP) is 2.90. The first-order valence-electron chi connectivity index (χ1n) is 6.73. The van der Waals surface area contributed by atoms with E-state index in [0.29, 0.717) is 11.5 Å². The summed E-state index contributed by atoms with van der Waals surface area (Å²) in [6.07, 6.45) is 0. The van der Waals surface area contributed by atoms with Gasteiger partial charge in [0.25, 0.3) is 0 Å². The zero-order valence-electron chi connectivity index (χ0n) is 12.6. The lowest BCUT2D eigenvalue weighted by molar-refractivity contribution is -0.385. The molecule has 0 atom stereocenters. The third-order valence-corrected chi connectivity index (χ3v) is 3.03. The number of hydrogen-bond acceptors (Lipinski definition) is 6. The number of ether oxygens (including phenoxy) is 3. The van der Waals surface area contributed by atoms with E-state index in [4.69, 9.17) is 14.2 Å². The molecule has 0 spiro atoms. The Kier molecular flexibility index (Phi) is 5.14. The predicted molar refractivity (Wildman–Crippen MR) is 82.0 cm³/mol. The second-order valence-electron chi connectivity index (χ2n) is 4.62. The zero-order valence-corrected chi connectivity index (χ0v) is 12.6. The highest BCUT2D eigenvalue weighted by molar-refractivity contribution is 5.75. The Labute approximate surface area is 132 Å². The van der Waals surface area contributed by atoms with Crippen LogP contribution in [0.15, 0.2) is 42.5 Å². The average molecular weight is 317 g/mol. The van der Waals surface area contributed by atoms with Gasteiger partial charge < -0.3 is 14.2 Å². The van der Waals surface area contributed by atoms with Crippen molar-refractivity contribution in [3.05, 3.63) is 58.1 Å². The lowest BCUT2D eigenvalue weighted by Crippen LogP contribution is -2.18. The van der Waals surface area contributed by atoms with Crippen LogP contribution in [0, 0.1) is 17.0 Å². The topological polar surface area (TPSA) is 87.9 Å². The van der Waals surface area contributed by atoms with E-state index in [0.717, 1.165) is 5.56 Å². The fourth-order valence-electron chi connectivity index (χ4n) is 1.86. The van der Waals surface area contributed by atoms with E-state index in [1.807, 2.05) is 19.1 Å². The van der Waals surface area contributed by atoms with Crippen molar-refractivity contribution in [3.63, 3.8) is 0 Å². The molecule has 0 amide bonds. The molecule has 0 N–H and O–H groups in total. The second kappa shape index (κ2) is 7.26. The number of para-hydroxylation sites is 1. The Balaban J connectivity index is 2.05. The Morgan fingerprint density at radius 1 is 1.17 bits per heavy atom. The molecule has 2 aromatic carbocycles. The van der Waals surface area contributed by atoms with Gasteiger partial charge in [-0.2, -0.15) is 0 Å². The summed E-state index contributed by atoms with van der Waals surface area (Å²) in [7, 11) is 1.39. The molecule has 7 heteroatoms. The summed E-state index contributed by atoms with van der Waals surface area (Å²) in [6.45, 7) is 1.49. The number of nitro benzene ring substituents is 1. The Hall–Kier alpha value is -3.09. The minimum Gasteiger partial charge on any atom is -0.496 e. The van der Waals surface area contributed by atoms with Gasteiger partial charge in [0.1, 0.15) is 11.5 Å². The molecule has 23 heavy (non-hydrogen) atoms. The van der Waals surface area contributed by atoms with Crippen molar-refractivity contribution in [2.75, 3.05) is 13.7 Å². The summed E-state index contributed by atoms with van der Waals surface area (Å²) in [5, 5.41) is 11.0. The van der Waals surface area contributed by atoms with Crippen LogP contribution in [0.5, 0.6) is 17.2 Å². The molecule has 0 saturated heterocycles. The highest BCUT2D eigenvalue weighted by Gasteiger charge is 2.19. The molecule has 0 unspecified atom stereocenters. The van der Waals surface area contributed by atoms with Gasteiger partial charge in [-0.1, -0.05) is 18.2 Å². The van der Waals surface area contributed by atoms with E-state index in [2.05, 4.69) is 0 Å². The number of nitrogens with zero attached hydrogens (tertiary/aromatic N) is 1. The number of nitro groups is 1. The quantitative estimate of drug-likeness (QED) is 0.352. The van der Waals surface area contributed by atoms with Gasteiger partial charge in [0.15, 0.2) is 6.61 Å². The SMILES string of the molecule is COc1ccc(OC(=O)COc2ccccc2C)c([N+](=O)[O-])c1. The molecule has 2 rings (SSSR count). The third-order valence-electron chi connectivity index (χ3n) is 3.03. The van der Waals surface area contributed by atoms with Crippen molar-refractivity contribution in [2.45, 2.75) is 6.92 Å². The van der Waals surface area contributed by atoms with Gasteiger partial charge in [0, 0.05) is 0 Å². The van der Waals surface area contributed by atoms with Gasteiger partial charge in [0.05, 0.1) is 18.1 Å². The molecule has 7 nitrogen and oxygen atoms in total. The van der Waals surface area contributed by atoms with Gasteiger partial charge in [-0.3, -0.25) is 10.1 Å². The molecule has 0 bridgehead atoms. The van der Waals surface area contributed by atoms with Crippen LogP contribution in [0.4, 0.5) is 5.69 Å². The number of hydrogen-bond donors (Lipinski definition) is 0. The van der Waals surface area contributed by atoms with Crippen LogP contribution < -0.4 is 14.2 Å². The summed E-state index contributed by atoms with van der Waals surface area (Å²) in [5.74, 6) is -0.0444. The highest BCUT2D eigenvalue weighted by atomic mass is 16.6. The first-order valence-corrected chi connectivity index (χ1v) is 6.73. The number of esters is 1. The van der Waals surface area contributed by atoms with Crippen molar-refractivity contribution >= 4 is 11.7 Å². The summed E-state index contributed by atoms with van der Waals surface area (Å²) in [4.78, 5) is 22.2. The molecule has 0 radical (unpaired) electrons. The van der Waals surface area contributed by atoms with E-state index < -0.39 is 10.9 Å². The summed E-state index contributed by atoms with van der Waals surface area (Å²) in [6, 6.07) is 11.2. The number of carbonyl (C=O) groups excluding carboxylic acids is 1. The number of carbonyl (C=O) groups is 1. The van der Waals surface area contributed by atoms with Gasteiger partial charge >= 0.3 is 11.7 Å². The molecule has 0 fully saturated rings. The molecule has 0 aliphatic rings. The number of benzene rings is 2. The van der Waals surface area contributed by atoms with E-state index in [1.54, 1.807) is 12.1 Å². The maximum Gasteiger partial charge on any atom is 0.349 e. The van der Waals surface area contributed by atoms with E-state index >= 15 is 0 Å². The Morgan fingerprint density at radius 3 is 2.57 bits per heavy atom. The van der Waals surface area contributed by atoms with Crippen LogP contribution in [0.2, 0.25) is 0 Å². The fourth-order valence-corrected chi connectivity index (χ4v) is 1.86. The Bertz CT molecular complexity index is 728. The minimum absolute atomic E-state index is 0.158. The summed E-state index contributed by atoms with van der Waals surface area (Å²) < 4.78 is 15.3. The van der Waals surface area contributed by atoms with E-state index in [1.165, 1.54) is 25.3 Å². The van der Waals surface area contributed by atoms with Crippen LogP contribution in [0.25, 0.3) is 0 Å². The molecule has 120 valence electrons. The summed E-state index contributed by atoms with van der Waals surface area (Å²) in [5.41, 5.74) is 0.518. The van der Waals surface area contributed by atoms with Crippen molar-refractivity contribution in [1.82, 2.24) is 0 Å². The normalized spacial score (nSPS) is 10.0. The van der Waals surface area contributed by atoms with Crippen molar-refractivity contribution in [3.8, 4) is 17.2 Å².